The average molecular weight is 444 g/mol. The monoisotopic (exact) mass is 443 g/mol. The van der Waals surface area contributed by atoms with Crippen LogP contribution in [0.1, 0.15) is 80.1 Å². The summed E-state index contributed by atoms with van der Waals surface area (Å²) in [5, 5.41) is 6.13. The number of nitrogens with zero attached hydrogens (tertiary/aromatic N) is 1. The van der Waals surface area contributed by atoms with Gasteiger partial charge in [0.25, 0.3) is 17.7 Å². The lowest BCUT2D eigenvalue weighted by Crippen LogP contribution is -2.43. The highest BCUT2D eigenvalue weighted by Gasteiger charge is 2.41. The van der Waals surface area contributed by atoms with E-state index < -0.39 is 5.91 Å². The molecule has 3 amide bonds. The van der Waals surface area contributed by atoms with Crippen LogP contribution in [-0.2, 0) is 16.1 Å². The summed E-state index contributed by atoms with van der Waals surface area (Å²) >= 11 is 6.22. The lowest BCUT2D eigenvalue weighted by atomic mass is 9.94. The molecule has 2 fully saturated rings. The van der Waals surface area contributed by atoms with Crippen molar-refractivity contribution in [3.8, 4) is 0 Å². The number of imide groups is 1. The van der Waals surface area contributed by atoms with Crippen LogP contribution in [0.3, 0.4) is 0 Å². The smallest absolute Gasteiger partial charge is 0.278 e. The number of halogens is 1. The minimum absolute atomic E-state index is 0.0287. The quantitative estimate of drug-likeness (QED) is 0.651. The summed E-state index contributed by atoms with van der Waals surface area (Å²) in [6, 6.07) is 7.52. The number of amides is 3. The molecule has 7 heteroatoms. The van der Waals surface area contributed by atoms with Crippen LogP contribution in [0.4, 0.5) is 0 Å². The molecule has 1 aliphatic heterocycles. The molecule has 31 heavy (non-hydrogen) atoms. The van der Waals surface area contributed by atoms with Crippen LogP contribution in [0.5, 0.6) is 0 Å². The highest BCUT2D eigenvalue weighted by atomic mass is 35.5. The van der Waals surface area contributed by atoms with Crippen LogP contribution in [0.2, 0.25) is 0 Å². The molecule has 1 aromatic carbocycles. The van der Waals surface area contributed by atoms with Gasteiger partial charge in [-0.25, -0.2) is 0 Å². The topological polar surface area (TPSA) is 78.5 Å². The Kier molecular flexibility index (Phi) is 6.96. The zero-order valence-electron chi connectivity index (χ0n) is 17.8. The Labute approximate surface area is 188 Å². The van der Waals surface area contributed by atoms with Gasteiger partial charge >= 0.3 is 0 Å². The van der Waals surface area contributed by atoms with Gasteiger partial charge in [0, 0.05) is 24.2 Å². The molecule has 166 valence electrons. The largest absolute Gasteiger partial charge is 0.375 e. The summed E-state index contributed by atoms with van der Waals surface area (Å²) in [5.74, 6) is -0.766. The molecule has 1 heterocycles. The van der Waals surface area contributed by atoms with E-state index in [2.05, 4.69) is 10.6 Å². The predicted octanol–water partition coefficient (Wildman–Crippen LogP) is 3.99. The van der Waals surface area contributed by atoms with Gasteiger partial charge < -0.3 is 10.6 Å². The summed E-state index contributed by atoms with van der Waals surface area (Å²) in [7, 11) is 0. The normalized spacial score (nSPS) is 21.0. The van der Waals surface area contributed by atoms with E-state index in [1.54, 1.807) is 12.1 Å². The van der Waals surface area contributed by atoms with Crippen molar-refractivity contribution in [1.29, 1.82) is 0 Å². The number of carbonyl (C=O) groups is 3. The fourth-order valence-electron chi connectivity index (χ4n) is 4.82. The fourth-order valence-corrected chi connectivity index (χ4v) is 5.06. The van der Waals surface area contributed by atoms with Crippen molar-refractivity contribution in [1.82, 2.24) is 15.5 Å². The zero-order valence-corrected chi connectivity index (χ0v) is 18.5. The van der Waals surface area contributed by atoms with E-state index in [4.69, 9.17) is 11.6 Å². The highest BCUT2D eigenvalue weighted by Crippen LogP contribution is 2.30. The fraction of sp³-hybridized carbons (Fsp3) is 0.542. The molecule has 0 radical (unpaired) electrons. The first-order valence-electron chi connectivity index (χ1n) is 11.5. The number of rotatable bonds is 6. The predicted molar refractivity (Wildman–Crippen MR) is 119 cm³/mol. The second-order valence-corrected chi connectivity index (χ2v) is 9.20. The third-order valence-electron chi connectivity index (χ3n) is 6.62. The summed E-state index contributed by atoms with van der Waals surface area (Å²) in [6.07, 6.45) is 10.6. The number of carbonyl (C=O) groups excluding carboxylic acids is 3. The number of hydrogen-bond donors (Lipinski definition) is 2. The maximum Gasteiger partial charge on any atom is 0.278 e. The minimum Gasteiger partial charge on any atom is -0.375 e. The standard InChI is InChI=1S/C24H30ClN3O3/c25-20-21(24(31)28(23(20)30)19-9-5-2-6-10-19)26-15-16-11-13-17(14-12-16)22(29)27-18-7-3-1-4-8-18/h11-14,18-19,26H,1-10,15H2,(H,27,29). The summed E-state index contributed by atoms with van der Waals surface area (Å²) in [4.78, 5) is 39.2. The Hall–Kier alpha value is -2.34. The molecule has 0 spiro atoms. The Morgan fingerprint density at radius 1 is 0.903 bits per heavy atom. The summed E-state index contributed by atoms with van der Waals surface area (Å²) in [6.45, 7) is 0.355. The molecule has 3 aliphatic rings. The van der Waals surface area contributed by atoms with Gasteiger partial charge in [-0.15, -0.1) is 0 Å². The van der Waals surface area contributed by atoms with E-state index in [-0.39, 0.29) is 34.6 Å². The van der Waals surface area contributed by atoms with E-state index in [1.807, 2.05) is 12.1 Å². The van der Waals surface area contributed by atoms with Gasteiger partial charge in [-0.05, 0) is 43.4 Å². The van der Waals surface area contributed by atoms with E-state index in [0.29, 0.717) is 12.1 Å². The van der Waals surface area contributed by atoms with Crippen molar-refractivity contribution in [2.75, 3.05) is 0 Å². The van der Waals surface area contributed by atoms with Crippen molar-refractivity contribution in [2.24, 2.45) is 0 Å². The van der Waals surface area contributed by atoms with Gasteiger partial charge in [0.1, 0.15) is 10.7 Å². The second-order valence-electron chi connectivity index (χ2n) is 8.82. The lowest BCUT2D eigenvalue weighted by molar-refractivity contribution is -0.140. The molecular formula is C24H30ClN3O3. The Morgan fingerprint density at radius 3 is 2.16 bits per heavy atom. The van der Waals surface area contributed by atoms with E-state index in [0.717, 1.165) is 50.5 Å². The molecular weight excluding hydrogens is 414 g/mol. The first-order valence-corrected chi connectivity index (χ1v) is 11.8. The van der Waals surface area contributed by atoms with Crippen LogP contribution < -0.4 is 10.6 Å². The van der Waals surface area contributed by atoms with Crippen LogP contribution in [0, 0.1) is 0 Å². The molecule has 0 unspecified atom stereocenters. The summed E-state index contributed by atoms with van der Waals surface area (Å²) < 4.78 is 0. The summed E-state index contributed by atoms with van der Waals surface area (Å²) in [5.41, 5.74) is 1.71. The maximum atomic E-state index is 12.8. The van der Waals surface area contributed by atoms with Gasteiger partial charge in [0.15, 0.2) is 0 Å². The molecule has 0 aromatic heterocycles. The van der Waals surface area contributed by atoms with Gasteiger partial charge in [-0.1, -0.05) is 62.3 Å². The molecule has 6 nitrogen and oxygen atoms in total. The Bertz CT molecular complexity index is 869. The van der Waals surface area contributed by atoms with Gasteiger partial charge in [0.05, 0.1) is 0 Å². The maximum absolute atomic E-state index is 12.8. The van der Waals surface area contributed by atoms with Crippen molar-refractivity contribution < 1.29 is 14.4 Å². The second kappa shape index (κ2) is 9.86. The van der Waals surface area contributed by atoms with Crippen molar-refractivity contribution >= 4 is 29.3 Å². The van der Waals surface area contributed by atoms with Gasteiger partial charge in [0.2, 0.25) is 0 Å². The average Bonchev–Trinajstić information content (AvgIpc) is 3.01. The van der Waals surface area contributed by atoms with Gasteiger partial charge in [-0.2, -0.15) is 0 Å². The molecule has 0 saturated heterocycles. The van der Waals surface area contributed by atoms with Crippen LogP contribution in [0.25, 0.3) is 0 Å². The van der Waals surface area contributed by atoms with Crippen molar-refractivity contribution in [3.63, 3.8) is 0 Å². The third-order valence-corrected chi connectivity index (χ3v) is 6.98. The van der Waals surface area contributed by atoms with E-state index in [1.165, 1.54) is 24.2 Å². The van der Waals surface area contributed by atoms with E-state index in [9.17, 15) is 14.4 Å². The molecule has 1 aromatic rings. The van der Waals surface area contributed by atoms with Gasteiger partial charge in [-0.3, -0.25) is 19.3 Å². The number of hydrogen-bond acceptors (Lipinski definition) is 4. The van der Waals surface area contributed by atoms with E-state index >= 15 is 0 Å². The number of nitrogens with one attached hydrogen (secondary N) is 2. The van der Waals surface area contributed by atoms with Crippen molar-refractivity contribution in [3.05, 3.63) is 46.1 Å². The minimum atomic E-state index is -0.393. The van der Waals surface area contributed by atoms with Crippen LogP contribution in [0.15, 0.2) is 35.0 Å². The SMILES string of the molecule is O=C(NC1CCCCC1)c1ccc(CNC2=C(Cl)C(=O)N(C3CCCCC3)C2=O)cc1. The highest BCUT2D eigenvalue weighted by molar-refractivity contribution is 6.47. The molecule has 0 bridgehead atoms. The molecule has 2 saturated carbocycles. The van der Waals surface area contributed by atoms with Crippen LogP contribution in [-0.4, -0.2) is 34.7 Å². The lowest BCUT2D eigenvalue weighted by Gasteiger charge is -2.29. The zero-order chi connectivity index (χ0) is 21.8. The van der Waals surface area contributed by atoms with Crippen molar-refractivity contribution in [2.45, 2.75) is 82.8 Å². The molecule has 0 atom stereocenters. The molecule has 4 rings (SSSR count). The molecule has 2 N–H and O–H groups in total. The first kappa shape index (κ1) is 21.9. The van der Waals surface area contributed by atoms with Crippen LogP contribution >= 0.6 is 11.6 Å². The first-order chi connectivity index (χ1) is 15.0. The Balaban J connectivity index is 1.33. The number of benzene rings is 1. The Morgan fingerprint density at radius 2 is 1.52 bits per heavy atom. The molecule has 2 aliphatic carbocycles. The third kappa shape index (κ3) is 4.95.